The van der Waals surface area contributed by atoms with Gasteiger partial charge in [0.1, 0.15) is 5.69 Å². The lowest BCUT2D eigenvalue weighted by molar-refractivity contribution is 0.0908. The van der Waals surface area contributed by atoms with E-state index in [1.165, 1.54) is 0 Å². The van der Waals surface area contributed by atoms with Gasteiger partial charge in [-0.25, -0.2) is 0 Å². The Morgan fingerprint density at radius 3 is 2.70 bits per heavy atom. The van der Waals surface area contributed by atoms with Gasteiger partial charge in [0.15, 0.2) is 0 Å². The zero-order chi connectivity index (χ0) is 14.5. The van der Waals surface area contributed by atoms with E-state index in [1.54, 1.807) is 17.7 Å². The summed E-state index contributed by atoms with van der Waals surface area (Å²) in [5, 5.41) is 12.7. The second kappa shape index (κ2) is 6.72. The highest BCUT2D eigenvalue weighted by atomic mass is 79.9. The molecule has 0 radical (unpaired) electrons. The van der Waals surface area contributed by atoms with Crippen LogP contribution in [0.3, 0.4) is 0 Å². The van der Waals surface area contributed by atoms with Crippen LogP contribution >= 0.6 is 15.9 Å². The summed E-state index contributed by atoms with van der Waals surface area (Å²) < 4.78 is 2.60. The minimum Gasteiger partial charge on any atom is -0.391 e. The molecule has 2 rings (SSSR count). The largest absolute Gasteiger partial charge is 0.391 e. The number of aromatic nitrogens is 1. The maximum absolute atomic E-state index is 12.0. The lowest BCUT2D eigenvalue weighted by Crippen LogP contribution is -2.34. The summed E-state index contributed by atoms with van der Waals surface area (Å²) in [6, 6.07) is 11.5. The second-order valence-corrected chi connectivity index (χ2v) is 5.62. The molecule has 0 aliphatic heterocycles. The Hall–Kier alpha value is -1.59. The first-order chi connectivity index (χ1) is 9.56. The first-order valence-electron chi connectivity index (χ1n) is 6.38. The van der Waals surface area contributed by atoms with E-state index in [0.717, 1.165) is 10.0 Å². The number of aliphatic hydroxyl groups is 1. The van der Waals surface area contributed by atoms with Crippen LogP contribution in [0.15, 0.2) is 47.1 Å². The van der Waals surface area contributed by atoms with Crippen molar-refractivity contribution in [3.63, 3.8) is 0 Å². The number of nitrogens with zero attached hydrogens (tertiary/aromatic N) is 1. The van der Waals surface area contributed by atoms with Crippen molar-refractivity contribution in [3.8, 4) is 0 Å². The summed E-state index contributed by atoms with van der Waals surface area (Å²) in [5.74, 6) is -0.190. The lowest BCUT2D eigenvalue weighted by atomic mass is 10.1. The molecule has 1 atom stereocenters. The van der Waals surface area contributed by atoms with E-state index in [9.17, 15) is 9.90 Å². The molecule has 4 nitrogen and oxygen atoms in total. The molecule has 0 spiro atoms. The Morgan fingerprint density at radius 2 is 2.10 bits per heavy atom. The number of amides is 1. The first-order valence-corrected chi connectivity index (χ1v) is 7.17. The van der Waals surface area contributed by atoms with Crippen LogP contribution in [-0.2, 0) is 13.5 Å². The van der Waals surface area contributed by atoms with Crippen LogP contribution in [0.2, 0.25) is 0 Å². The molecule has 1 heterocycles. The number of carbonyl (C=O) groups excluding carboxylic acids is 1. The smallest absolute Gasteiger partial charge is 0.268 e. The molecule has 2 N–H and O–H groups in total. The third-order valence-electron chi connectivity index (χ3n) is 3.02. The fraction of sp³-hybridized carbons (Fsp3) is 0.267. The van der Waals surface area contributed by atoms with E-state index in [4.69, 9.17) is 0 Å². The Bertz CT molecular complexity index is 581. The number of nitrogens with one attached hydrogen (secondary N) is 1. The number of benzene rings is 1. The summed E-state index contributed by atoms with van der Waals surface area (Å²) in [4.78, 5) is 12.0. The van der Waals surface area contributed by atoms with E-state index in [2.05, 4.69) is 21.2 Å². The quantitative estimate of drug-likeness (QED) is 0.878. The summed E-state index contributed by atoms with van der Waals surface area (Å²) >= 11 is 3.33. The van der Waals surface area contributed by atoms with Crippen molar-refractivity contribution in [1.82, 2.24) is 9.88 Å². The van der Waals surface area contributed by atoms with Gasteiger partial charge < -0.3 is 15.0 Å². The van der Waals surface area contributed by atoms with Gasteiger partial charge in [-0.05, 0) is 27.6 Å². The van der Waals surface area contributed by atoms with Crippen LogP contribution in [0, 0.1) is 0 Å². The monoisotopic (exact) mass is 336 g/mol. The number of hydrogen-bond donors (Lipinski definition) is 2. The van der Waals surface area contributed by atoms with Gasteiger partial charge in [-0.3, -0.25) is 4.79 Å². The number of carbonyl (C=O) groups is 1. The molecule has 0 saturated carbocycles. The Kier molecular flexibility index (Phi) is 4.98. The third-order valence-corrected chi connectivity index (χ3v) is 3.45. The Morgan fingerprint density at radius 1 is 1.40 bits per heavy atom. The third kappa shape index (κ3) is 3.95. The number of rotatable bonds is 5. The van der Waals surface area contributed by atoms with Crippen LogP contribution < -0.4 is 5.32 Å². The van der Waals surface area contributed by atoms with Crippen LogP contribution in [0.25, 0.3) is 0 Å². The number of aliphatic hydroxyl groups excluding tert-OH is 1. The minimum absolute atomic E-state index is 0.190. The highest BCUT2D eigenvalue weighted by molar-refractivity contribution is 9.10. The fourth-order valence-electron chi connectivity index (χ4n) is 2.01. The van der Waals surface area contributed by atoms with Gasteiger partial charge in [0.05, 0.1) is 6.10 Å². The van der Waals surface area contributed by atoms with Gasteiger partial charge in [-0.15, -0.1) is 0 Å². The predicted molar refractivity (Wildman–Crippen MR) is 81.6 cm³/mol. The molecular formula is C15H17BrN2O2. The van der Waals surface area contributed by atoms with Crippen molar-refractivity contribution < 1.29 is 9.90 Å². The molecule has 106 valence electrons. The molecular weight excluding hydrogens is 320 g/mol. The summed E-state index contributed by atoms with van der Waals surface area (Å²) in [5.41, 5.74) is 1.61. The summed E-state index contributed by atoms with van der Waals surface area (Å²) in [6.45, 7) is 0.233. The molecule has 0 aliphatic carbocycles. The lowest BCUT2D eigenvalue weighted by Gasteiger charge is -2.12. The van der Waals surface area contributed by atoms with E-state index in [1.807, 2.05) is 36.5 Å². The van der Waals surface area contributed by atoms with Crippen molar-refractivity contribution in [3.05, 3.63) is 58.3 Å². The molecule has 1 aromatic heterocycles. The van der Waals surface area contributed by atoms with Crippen molar-refractivity contribution in [2.24, 2.45) is 7.05 Å². The normalized spacial score (nSPS) is 12.2. The highest BCUT2D eigenvalue weighted by Gasteiger charge is 2.13. The molecule has 1 aromatic carbocycles. The van der Waals surface area contributed by atoms with Crippen molar-refractivity contribution in [2.75, 3.05) is 6.54 Å². The molecule has 20 heavy (non-hydrogen) atoms. The number of hydrogen-bond acceptors (Lipinski definition) is 2. The zero-order valence-electron chi connectivity index (χ0n) is 11.2. The van der Waals surface area contributed by atoms with Gasteiger partial charge in [-0.1, -0.05) is 30.3 Å². The summed E-state index contributed by atoms with van der Waals surface area (Å²) in [6.07, 6.45) is 1.75. The van der Waals surface area contributed by atoms with E-state index < -0.39 is 6.10 Å². The van der Waals surface area contributed by atoms with Gasteiger partial charge in [0, 0.05) is 30.7 Å². The molecule has 0 bridgehead atoms. The average molecular weight is 337 g/mol. The molecule has 2 aromatic rings. The van der Waals surface area contributed by atoms with Crippen LogP contribution in [0.4, 0.5) is 0 Å². The topological polar surface area (TPSA) is 54.3 Å². The zero-order valence-corrected chi connectivity index (χ0v) is 12.8. The SMILES string of the molecule is Cn1cc(Br)cc1C(=O)NCC(O)Cc1ccccc1. The van der Waals surface area contributed by atoms with Crippen molar-refractivity contribution in [1.29, 1.82) is 0 Å². The molecule has 0 aliphatic rings. The maximum Gasteiger partial charge on any atom is 0.268 e. The van der Waals surface area contributed by atoms with Crippen LogP contribution in [0.1, 0.15) is 16.1 Å². The van der Waals surface area contributed by atoms with Gasteiger partial charge in [0.2, 0.25) is 0 Å². The average Bonchev–Trinajstić information content (AvgIpc) is 2.76. The molecule has 0 fully saturated rings. The van der Waals surface area contributed by atoms with E-state index in [0.29, 0.717) is 12.1 Å². The van der Waals surface area contributed by atoms with Crippen LogP contribution in [-0.4, -0.2) is 28.2 Å². The standard InChI is InChI=1S/C15H17BrN2O2/c1-18-10-12(16)8-14(18)15(20)17-9-13(19)7-11-5-3-2-4-6-11/h2-6,8,10,13,19H,7,9H2,1H3,(H,17,20). The Balaban J connectivity index is 1.86. The minimum atomic E-state index is -0.593. The van der Waals surface area contributed by atoms with Gasteiger partial charge in [-0.2, -0.15) is 0 Å². The first kappa shape index (κ1) is 14.8. The van der Waals surface area contributed by atoms with Crippen molar-refractivity contribution >= 4 is 21.8 Å². The Labute approximate surface area is 126 Å². The number of halogens is 1. The molecule has 1 amide bonds. The molecule has 1 unspecified atom stereocenters. The van der Waals surface area contributed by atoms with E-state index >= 15 is 0 Å². The van der Waals surface area contributed by atoms with Crippen LogP contribution in [0.5, 0.6) is 0 Å². The van der Waals surface area contributed by atoms with E-state index in [-0.39, 0.29) is 12.5 Å². The van der Waals surface area contributed by atoms with Crippen molar-refractivity contribution in [2.45, 2.75) is 12.5 Å². The second-order valence-electron chi connectivity index (χ2n) is 4.71. The fourth-order valence-corrected chi connectivity index (χ4v) is 2.53. The molecule has 0 saturated heterocycles. The number of aryl methyl sites for hydroxylation is 1. The highest BCUT2D eigenvalue weighted by Crippen LogP contribution is 2.13. The maximum atomic E-state index is 12.0. The molecule has 5 heteroatoms. The van der Waals surface area contributed by atoms with Gasteiger partial charge in [0.25, 0.3) is 5.91 Å². The summed E-state index contributed by atoms with van der Waals surface area (Å²) in [7, 11) is 1.81. The predicted octanol–water partition coefficient (Wildman–Crippen LogP) is 2.12. The van der Waals surface area contributed by atoms with Gasteiger partial charge >= 0.3 is 0 Å².